The van der Waals surface area contributed by atoms with Crippen LogP contribution in [0.2, 0.25) is 0 Å². The van der Waals surface area contributed by atoms with Crippen molar-refractivity contribution in [3.8, 4) is 6.07 Å². The summed E-state index contributed by atoms with van der Waals surface area (Å²) in [4.78, 5) is 1.90. The summed E-state index contributed by atoms with van der Waals surface area (Å²) in [6.45, 7) is 3.91. The first kappa shape index (κ1) is 13.5. The van der Waals surface area contributed by atoms with Crippen molar-refractivity contribution in [2.75, 3.05) is 31.6 Å². The van der Waals surface area contributed by atoms with E-state index in [2.05, 4.69) is 11.4 Å². The standard InChI is InChI=1S/C13H19N3O/c1-3-15-9-12(17)10-16(2)13-7-5-4-6-11(13)8-14/h4-7,12,15,17H,3,9-10H2,1-2H3. The van der Waals surface area contributed by atoms with Crippen molar-refractivity contribution in [2.24, 2.45) is 0 Å². The molecular weight excluding hydrogens is 214 g/mol. The fourth-order valence-corrected chi connectivity index (χ4v) is 1.69. The molecule has 0 aromatic heterocycles. The highest BCUT2D eigenvalue weighted by Crippen LogP contribution is 2.17. The van der Waals surface area contributed by atoms with Gasteiger partial charge < -0.3 is 15.3 Å². The second-order valence-electron chi connectivity index (χ2n) is 3.97. The highest BCUT2D eigenvalue weighted by atomic mass is 16.3. The summed E-state index contributed by atoms with van der Waals surface area (Å²) < 4.78 is 0. The van der Waals surface area contributed by atoms with Crippen LogP contribution < -0.4 is 10.2 Å². The van der Waals surface area contributed by atoms with Crippen LogP contribution in [0.5, 0.6) is 0 Å². The molecule has 0 radical (unpaired) electrons. The maximum absolute atomic E-state index is 9.79. The normalized spacial score (nSPS) is 11.9. The van der Waals surface area contributed by atoms with Crippen molar-refractivity contribution < 1.29 is 5.11 Å². The van der Waals surface area contributed by atoms with E-state index < -0.39 is 6.10 Å². The third-order valence-electron chi connectivity index (χ3n) is 2.55. The molecule has 1 aromatic carbocycles. The maximum Gasteiger partial charge on any atom is 0.101 e. The molecule has 1 aromatic rings. The Labute approximate surface area is 102 Å². The molecule has 2 N–H and O–H groups in total. The van der Waals surface area contributed by atoms with Crippen LogP contribution in [0.25, 0.3) is 0 Å². The summed E-state index contributed by atoms with van der Waals surface area (Å²) in [5.74, 6) is 0. The number of aliphatic hydroxyl groups is 1. The molecule has 1 unspecified atom stereocenters. The van der Waals surface area contributed by atoms with E-state index in [1.807, 2.05) is 37.1 Å². The first-order valence-corrected chi connectivity index (χ1v) is 5.78. The Kier molecular flexibility index (Phi) is 5.47. The van der Waals surface area contributed by atoms with Gasteiger partial charge in [-0.2, -0.15) is 5.26 Å². The third kappa shape index (κ3) is 4.06. The van der Waals surface area contributed by atoms with Crippen LogP contribution in [-0.4, -0.2) is 37.9 Å². The lowest BCUT2D eigenvalue weighted by Crippen LogP contribution is -2.36. The molecule has 0 spiro atoms. The molecule has 17 heavy (non-hydrogen) atoms. The summed E-state index contributed by atoms with van der Waals surface area (Å²) in [5.41, 5.74) is 1.48. The highest BCUT2D eigenvalue weighted by Gasteiger charge is 2.11. The summed E-state index contributed by atoms with van der Waals surface area (Å²) in [6, 6.07) is 9.55. The van der Waals surface area contributed by atoms with Gasteiger partial charge in [0.25, 0.3) is 0 Å². The smallest absolute Gasteiger partial charge is 0.101 e. The van der Waals surface area contributed by atoms with Crippen LogP contribution in [0.15, 0.2) is 24.3 Å². The first-order chi connectivity index (χ1) is 8.19. The number of para-hydroxylation sites is 1. The van der Waals surface area contributed by atoms with Crippen molar-refractivity contribution in [2.45, 2.75) is 13.0 Å². The van der Waals surface area contributed by atoms with Crippen LogP contribution in [-0.2, 0) is 0 Å². The molecule has 0 aliphatic carbocycles. The highest BCUT2D eigenvalue weighted by molar-refractivity contribution is 5.58. The molecule has 0 amide bonds. The number of likely N-dealkylation sites (N-methyl/N-ethyl adjacent to an activating group) is 2. The first-order valence-electron chi connectivity index (χ1n) is 5.78. The molecule has 0 fully saturated rings. The fraction of sp³-hybridized carbons (Fsp3) is 0.462. The number of rotatable bonds is 6. The molecule has 0 heterocycles. The fourth-order valence-electron chi connectivity index (χ4n) is 1.69. The summed E-state index contributed by atoms with van der Waals surface area (Å²) in [5, 5.41) is 21.9. The lowest BCUT2D eigenvalue weighted by molar-refractivity contribution is 0.179. The summed E-state index contributed by atoms with van der Waals surface area (Å²) >= 11 is 0. The number of nitrogens with zero attached hydrogens (tertiary/aromatic N) is 2. The van der Waals surface area contributed by atoms with Crippen LogP contribution in [0, 0.1) is 11.3 Å². The van der Waals surface area contributed by atoms with E-state index in [1.54, 1.807) is 6.07 Å². The van der Waals surface area contributed by atoms with E-state index in [1.165, 1.54) is 0 Å². The number of anilines is 1. The number of aliphatic hydroxyl groups excluding tert-OH is 1. The Bertz CT molecular complexity index is 386. The molecule has 0 aliphatic rings. The van der Waals surface area contributed by atoms with E-state index in [9.17, 15) is 5.11 Å². The largest absolute Gasteiger partial charge is 0.390 e. The minimum atomic E-state index is -0.438. The Morgan fingerprint density at radius 2 is 2.18 bits per heavy atom. The Balaban J connectivity index is 2.63. The predicted molar refractivity (Wildman–Crippen MR) is 69.0 cm³/mol. The van der Waals surface area contributed by atoms with E-state index in [4.69, 9.17) is 5.26 Å². The summed E-state index contributed by atoms with van der Waals surface area (Å²) in [7, 11) is 1.88. The molecule has 0 saturated heterocycles. The van der Waals surface area contributed by atoms with Gasteiger partial charge >= 0.3 is 0 Å². The zero-order chi connectivity index (χ0) is 12.7. The Morgan fingerprint density at radius 1 is 1.47 bits per heavy atom. The number of nitrogens with one attached hydrogen (secondary N) is 1. The zero-order valence-corrected chi connectivity index (χ0v) is 10.3. The average Bonchev–Trinajstić information content (AvgIpc) is 2.36. The van der Waals surface area contributed by atoms with Crippen LogP contribution in [0.4, 0.5) is 5.69 Å². The second-order valence-corrected chi connectivity index (χ2v) is 3.97. The monoisotopic (exact) mass is 233 g/mol. The molecular formula is C13H19N3O. The third-order valence-corrected chi connectivity index (χ3v) is 2.55. The molecule has 1 rings (SSSR count). The average molecular weight is 233 g/mol. The number of hydrogen-bond acceptors (Lipinski definition) is 4. The van der Waals surface area contributed by atoms with Gasteiger partial charge in [0.15, 0.2) is 0 Å². The minimum absolute atomic E-state index is 0.438. The number of nitriles is 1. The summed E-state index contributed by atoms with van der Waals surface area (Å²) in [6.07, 6.45) is -0.438. The zero-order valence-electron chi connectivity index (χ0n) is 10.3. The van der Waals surface area contributed by atoms with Crippen LogP contribution >= 0.6 is 0 Å². The van der Waals surface area contributed by atoms with Gasteiger partial charge in [-0.3, -0.25) is 0 Å². The number of benzene rings is 1. The predicted octanol–water partition coefficient (Wildman–Crippen LogP) is 0.965. The lowest BCUT2D eigenvalue weighted by Gasteiger charge is -2.23. The molecule has 4 heteroatoms. The molecule has 0 aliphatic heterocycles. The number of hydrogen-bond donors (Lipinski definition) is 2. The van der Waals surface area contributed by atoms with Gasteiger partial charge in [-0.1, -0.05) is 19.1 Å². The van der Waals surface area contributed by atoms with Crippen molar-refractivity contribution in [1.29, 1.82) is 5.26 Å². The van der Waals surface area contributed by atoms with Gasteiger partial charge in [-0.15, -0.1) is 0 Å². The Morgan fingerprint density at radius 3 is 2.82 bits per heavy atom. The van der Waals surface area contributed by atoms with E-state index in [0.717, 1.165) is 12.2 Å². The SMILES string of the molecule is CCNCC(O)CN(C)c1ccccc1C#N. The van der Waals surface area contributed by atoms with Gasteiger partial charge in [0.2, 0.25) is 0 Å². The van der Waals surface area contributed by atoms with E-state index >= 15 is 0 Å². The van der Waals surface area contributed by atoms with E-state index in [-0.39, 0.29) is 0 Å². The Hall–Kier alpha value is -1.57. The van der Waals surface area contributed by atoms with Gasteiger partial charge in [-0.25, -0.2) is 0 Å². The quantitative estimate of drug-likeness (QED) is 0.768. The van der Waals surface area contributed by atoms with Gasteiger partial charge in [-0.05, 0) is 18.7 Å². The van der Waals surface area contributed by atoms with Gasteiger partial charge in [0, 0.05) is 20.1 Å². The molecule has 92 valence electrons. The topological polar surface area (TPSA) is 59.3 Å². The van der Waals surface area contributed by atoms with Crippen molar-refractivity contribution >= 4 is 5.69 Å². The molecule has 0 bridgehead atoms. The lowest BCUT2D eigenvalue weighted by atomic mass is 10.1. The molecule has 0 saturated carbocycles. The molecule has 4 nitrogen and oxygen atoms in total. The van der Waals surface area contributed by atoms with Crippen molar-refractivity contribution in [1.82, 2.24) is 5.32 Å². The van der Waals surface area contributed by atoms with Gasteiger partial charge in [0.05, 0.1) is 17.4 Å². The van der Waals surface area contributed by atoms with Crippen molar-refractivity contribution in [3.05, 3.63) is 29.8 Å². The maximum atomic E-state index is 9.79. The van der Waals surface area contributed by atoms with Gasteiger partial charge in [0.1, 0.15) is 6.07 Å². The van der Waals surface area contributed by atoms with Crippen LogP contribution in [0.3, 0.4) is 0 Å². The van der Waals surface area contributed by atoms with Crippen LogP contribution in [0.1, 0.15) is 12.5 Å². The second kappa shape index (κ2) is 6.89. The molecule has 1 atom stereocenters. The van der Waals surface area contributed by atoms with Crippen molar-refractivity contribution in [3.63, 3.8) is 0 Å². The van der Waals surface area contributed by atoms with E-state index in [0.29, 0.717) is 18.7 Å². The minimum Gasteiger partial charge on any atom is -0.390 e.